The molecule has 0 aliphatic carbocycles. The molecule has 0 saturated carbocycles. The number of esters is 1. The summed E-state index contributed by atoms with van der Waals surface area (Å²) < 4.78 is 32.9. The van der Waals surface area contributed by atoms with Gasteiger partial charge in [-0.2, -0.15) is 0 Å². The van der Waals surface area contributed by atoms with Crippen LogP contribution in [0.1, 0.15) is 117 Å². The fourth-order valence-electron chi connectivity index (χ4n) is 3.83. The topological polar surface area (TPSA) is 117 Å². The van der Waals surface area contributed by atoms with Crippen LogP contribution >= 0.6 is 7.82 Å². The summed E-state index contributed by atoms with van der Waals surface area (Å²) in [5.74, 6) is -0.351. The van der Waals surface area contributed by atoms with Gasteiger partial charge in [0, 0.05) is 19.6 Å². The van der Waals surface area contributed by atoms with Crippen molar-refractivity contribution in [3.63, 3.8) is 0 Å². The van der Waals surface area contributed by atoms with Gasteiger partial charge in [0.1, 0.15) is 6.10 Å². The predicted molar refractivity (Wildman–Crippen MR) is 164 cm³/mol. The van der Waals surface area contributed by atoms with Crippen LogP contribution in [0.4, 0.5) is 0 Å². The summed E-state index contributed by atoms with van der Waals surface area (Å²) in [5.41, 5.74) is 5.31. The molecule has 0 radical (unpaired) electrons. The Hall–Kier alpha value is -1.28. The Labute approximate surface area is 244 Å². The van der Waals surface area contributed by atoms with Crippen molar-refractivity contribution in [3.05, 3.63) is 36.5 Å². The Balaban J connectivity index is 4.06. The van der Waals surface area contributed by atoms with Gasteiger partial charge < -0.3 is 20.1 Å². The molecule has 0 amide bonds. The second-order valence-corrected chi connectivity index (χ2v) is 11.4. The maximum absolute atomic E-state index is 12.3. The summed E-state index contributed by atoms with van der Waals surface area (Å²) in [6, 6.07) is 0. The van der Waals surface area contributed by atoms with Gasteiger partial charge in [-0.3, -0.25) is 13.8 Å². The highest BCUT2D eigenvalue weighted by Gasteiger charge is 2.25. The van der Waals surface area contributed by atoms with Gasteiger partial charge in [-0.1, -0.05) is 102 Å². The molecular formula is C31H58NO7P. The summed E-state index contributed by atoms with van der Waals surface area (Å²) in [6.07, 6.45) is 29.1. The smallest absolute Gasteiger partial charge is 0.457 e. The number of unbranched alkanes of at least 4 members (excludes halogenated alkanes) is 10. The molecule has 2 unspecified atom stereocenters. The predicted octanol–water partition coefficient (Wildman–Crippen LogP) is 7.96. The van der Waals surface area contributed by atoms with E-state index in [4.69, 9.17) is 24.3 Å². The Bertz CT molecular complexity index is 712. The van der Waals surface area contributed by atoms with Crippen molar-refractivity contribution in [2.75, 3.05) is 33.0 Å². The second kappa shape index (κ2) is 29.2. The van der Waals surface area contributed by atoms with Crippen LogP contribution < -0.4 is 5.73 Å². The highest BCUT2D eigenvalue weighted by Crippen LogP contribution is 2.43. The van der Waals surface area contributed by atoms with Crippen molar-refractivity contribution in [2.45, 2.75) is 123 Å². The lowest BCUT2D eigenvalue weighted by Crippen LogP contribution is -2.28. The molecule has 9 heteroatoms. The zero-order valence-electron chi connectivity index (χ0n) is 25.3. The maximum atomic E-state index is 12.3. The van der Waals surface area contributed by atoms with E-state index in [-0.39, 0.29) is 32.3 Å². The van der Waals surface area contributed by atoms with E-state index in [9.17, 15) is 14.3 Å². The molecule has 0 aromatic carbocycles. The molecule has 3 N–H and O–H groups in total. The number of carbonyl (C=O) groups excluding carboxylic acids is 1. The number of hydrogen-bond donors (Lipinski definition) is 2. The van der Waals surface area contributed by atoms with Crippen molar-refractivity contribution in [1.82, 2.24) is 0 Å². The first kappa shape index (κ1) is 38.7. The van der Waals surface area contributed by atoms with E-state index >= 15 is 0 Å². The SMILES string of the molecule is CC/C=C\C/C=C\C/C=C\CCCCCCCCOCC(COP(=O)(O)OCCN)OC(=O)CCCCCCC. The summed E-state index contributed by atoms with van der Waals surface area (Å²) in [4.78, 5) is 22.0. The number of phosphoric ester groups is 1. The molecule has 0 saturated heterocycles. The summed E-state index contributed by atoms with van der Waals surface area (Å²) in [6.45, 7) is 4.66. The van der Waals surface area contributed by atoms with Gasteiger partial charge in [-0.05, 0) is 44.9 Å². The molecule has 0 fully saturated rings. The first-order valence-corrected chi connectivity index (χ1v) is 17.0. The van der Waals surface area contributed by atoms with E-state index in [1.807, 2.05) is 0 Å². The lowest BCUT2D eigenvalue weighted by molar-refractivity contribution is -0.154. The van der Waals surface area contributed by atoms with E-state index in [1.54, 1.807) is 0 Å². The Morgan fingerprint density at radius 3 is 2.10 bits per heavy atom. The van der Waals surface area contributed by atoms with Crippen LogP contribution in [0.3, 0.4) is 0 Å². The van der Waals surface area contributed by atoms with E-state index in [0.717, 1.165) is 77.0 Å². The van der Waals surface area contributed by atoms with Crippen LogP contribution in [0.2, 0.25) is 0 Å². The molecule has 40 heavy (non-hydrogen) atoms. The van der Waals surface area contributed by atoms with Crippen molar-refractivity contribution >= 4 is 13.8 Å². The lowest BCUT2D eigenvalue weighted by Gasteiger charge is -2.20. The van der Waals surface area contributed by atoms with E-state index in [2.05, 4.69) is 50.3 Å². The third-order valence-electron chi connectivity index (χ3n) is 6.07. The van der Waals surface area contributed by atoms with E-state index < -0.39 is 13.9 Å². The number of ether oxygens (including phenoxy) is 2. The molecule has 0 aromatic rings. The van der Waals surface area contributed by atoms with Gasteiger partial charge in [0.25, 0.3) is 0 Å². The highest BCUT2D eigenvalue weighted by atomic mass is 31.2. The molecule has 0 bridgehead atoms. The first-order valence-electron chi connectivity index (χ1n) is 15.5. The average Bonchev–Trinajstić information content (AvgIpc) is 2.94. The van der Waals surface area contributed by atoms with Gasteiger partial charge in [0.15, 0.2) is 0 Å². The van der Waals surface area contributed by atoms with Crippen LogP contribution in [0, 0.1) is 0 Å². The monoisotopic (exact) mass is 587 g/mol. The van der Waals surface area contributed by atoms with Crippen molar-refractivity contribution < 1.29 is 32.8 Å². The number of nitrogens with two attached hydrogens (primary N) is 1. The number of carbonyl (C=O) groups is 1. The number of allylic oxidation sites excluding steroid dienone is 6. The normalized spacial score (nSPS) is 14.4. The quantitative estimate of drug-likeness (QED) is 0.0392. The molecule has 8 nitrogen and oxygen atoms in total. The Morgan fingerprint density at radius 2 is 1.40 bits per heavy atom. The minimum Gasteiger partial charge on any atom is -0.457 e. The zero-order valence-corrected chi connectivity index (χ0v) is 26.2. The minimum atomic E-state index is -4.25. The standard InChI is InChI=1S/C31H58NO7P/c1-3-5-7-9-10-11-12-13-14-15-16-17-18-19-21-23-26-36-28-30(29-38-40(34,35)37-27-25-32)39-31(33)24-22-20-8-6-4-2/h5,7,10-11,13-14,30H,3-4,6,8-9,12,15-29,32H2,1-2H3,(H,34,35)/b7-5-,11-10-,14-13-. The van der Waals surface area contributed by atoms with Gasteiger partial charge in [-0.15, -0.1) is 0 Å². The molecular weight excluding hydrogens is 529 g/mol. The lowest BCUT2D eigenvalue weighted by atomic mass is 10.1. The summed E-state index contributed by atoms with van der Waals surface area (Å²) >= 11 is 0. The molecule has 0 aliphatic rings. The largest absolute Gasteiger partial charge is 0.472 e. The van der Waals surface area contributed by atoms with Crippen molar-refractivity contribution in [1.29, 1.82) is 0 Å². The molecule has 0 aromatic heterocycles. The van der Waals surface area contributed by atoms with Crippen molar-refractivity contribution in [2.24, 2.45) is 5.73 Å². The van der Waals surface area contributed by atoms with E-state index in [0.29, 0.717) is 13.0 Å². The fraction of sp³-hybridized carbons (Fsp3) is 0.774. The molecule has 0 heterocycles. The van der Waals surface area contributed by atoms with Gasteiger partial charge in [0.2, 0.25) is 0 Å². The van der Waals surface area contributed by atoms with Crippen LogP contribution in [0.15, 0.2) is 36.5 Å². The Kier molecular flexibility index (Phi) is 28.3. The molecule has 0 rings (SSSR count). The zero-order chi connectivity index (χ0) is 29.6. The highest BCUT2D eigenvalue weighted by molar-refractivity contribution is 7.47. The third kappa shape index (κ3) is 28.3. The molecule has 2 atom stereocenters. The van der Waals surface area contributed by atoms with Gasteiger partial charge in [-0.25, -0.2) is 4.57 Å². The maximum Gasteiger partial charge on any atom is 0.472 e. The number of phosphoric acid groups is 1. The van der Waals surface area contributed by atoms with Gasteiger partial charge >= 0.3 is 13.8 Å². The van der Waals surface area contributed by atoms with Crippen molar-refractivity contribution in [3.8, 4) is 0 Å². The number of rotatable bonds is 29. The number of hydrogen-bond acceptors (Lipinski definition) is 7. The second-order valence-electron chi connectivity index (χ2n) is 9.94. The van der Waals surface area contributed by atoms with Gasteiger partial charge in [0.05, 0.1) is 19.8 Å². The third-order valence-corrected chi connectivity index (χ3v) is 7.06. The van der Waals surface area contributed by atoms with Crippen LogP contribution in [-0.4, -0.2) is 49.9 Å². The molecule has 0 aliphatic heterocycles. The Morgan fingerprint density at radius 1 is 0.775 bits per heavy atom. The van der Waals surface area contributed by atoms with Crippen LogP contribution in [0.25, 0.3) is 0 Å². The molecule has 0 spiro atoms. The fourth-order valence-corrected chi connectivity index (χ4v) is 4.60. The van der Waals surface area contributed by atoms with E-state index in [1.165, 1.54) is 19.3 Å². The van der Waals surface area contributed by atoms with Crippen LogP contribution in [-0.2, 0) is 27.9 Å². The molecule has 234 valence electrons. The summed E-state index contributed by atoms with van der Waals surface area (Å²) in [7, 11) is -4.25. The first-order chi connectivity index (χ1) is 19.4. The summed E-state index contributed by atoms with van der Waals surface area (Å²) in [5, 5.41) is 0. The minimum absolute atomic E-state index is 0.0972. The van der Waals surface area contributed by atoms with Crippen LogP contribution in [0.5, 0.6) is 0 Å². The average molecular weight is 588 g/mol.